The largest absolute Gasteiger partial charge is 0.399 e. The Morgan fingerprint density at radius 2 is 2.10 bits per heavy atom. The van der Waals surface area contributed by atoms with E-state index in [0.717, 1.165) is 24.2 Å². The zero-order valence-corrected chi connectivity index (χ0v) is 13.4. The number of anilines is 2. The van der Waals surface area contributed by atoms with Crippen molar-refractivity contribution in [3.63, 3.8) is 0 Å². The number of benzene rings is 1. The molecule has 4 N–H and O–H groups in total. The Balaban J connectivity index is 2.34. The van der Waals surface area contributed by atoms with Gasteiger partial charge in [-0.15, -0.1) is 0 Å². The van der Waals surface area contributed by atoms with Gasteiger partial charge in [-0.1, -0.05) is 0 Å². The predicted molar refractivity (Wildman–Crippen MR) is 87.2 cm³/mol. The summed E-state index contributed by atoms with van der Waals surface area (Å²) in [6.07, 6.45) is 1.21. The van der Waals surface area contributed by atoms with E-state index in [1.807, 2.05) is 31.0 Å². The first-order valence-corrected chi connectivity index (χ1v) is 7.24. The first kappa shape index (κ1) is 17.5. The van der Waals surface area contributed by atoms with E-state index in [9.17, 15) is 9.90 Å². The fourth-order valence-electron chi connectivity index (χ4n) is 2.29. The molecule has 5 nitrogen and oxygen atoms in total. The Morgan fingerprint density at radius 3 is 2.67 bits per heavy atom. The number of likely N-dealkylation sites (N-methyl/N-ethyl adjacent to an activating group) is 1. The molecule has 1 aromatic rings. The molecule has 0 unspecified atom stereocenters. The standard InChI is InChI=1S/C16H27N3O2/c1-12-10-13(17)7-8-14(12)18-15(20)6-5-9-19(4)11-16(2,3)21/h7-8,10,21H,5-6,9,11,17H2,1-4H3,(H,18,20). The van der Waals surface area contributed by atoms with Crippen LogP contribution in [0.15, 0.2) is 18.2 Å². The monoisotopic (exact) mass is 293 g/mol. The molecule has 21 heavy (non-hydrogen) atoms. The molecule has 0 aliphatic carbocycles. The molecule has 0 saturated carbocycles. The van der Waals surface area contributed by atoms with Gasteiger partial charge in [0.05, 0.1) is 5.60 Å². The van der Waals surface area contributed by atoms with Crippen LogP contribution < -0.4 is 11.1 Å². The average Bonchev–Trinajstić information content (AvgIpc) is 2.30. The fraction of sp³-hybridized carbons (Fsp3) is 0.562. The van der Waals surface area contributed by atoms with Crippen LogP contribution >= 0.6 is 0 Å². The van der Waals surface area contributed by atoms with Crippen molar-refractivity contribution in [3.8, 4) is 0 Å². The summed E-state index contributed by atoms with van der Waals surface area (Å²) in [6.45, 7) is 6.84. The summed E-state index contributed by atoms with van der Waals surface area (Å²) in [5.74, 6) is -0.000435. The highest BCUT2D eigenvalue weighted by Crippen LogP contribution is 2.17. The van der Waals surface area contributed by atoms with Crippen LogP contribution in [-0.4, -0.2) is 41.7 Å². The van der Waals surface area contributed by atoms with Crippen LogP contribution in [0.2, 0.25) is 0 Å². The van der Waals surface area contributed by atoms with Crippen molar-refractivity contribution >= 4 is 17.3 Å². The molecule has 0 saturated heterocycles. The van der Waals surface area contributed by atoms with Gasteiger partial charge >= 0.3 is 0 Å². The molecule has 5 heteroatoms. The third kappa shape index (κ3) is 7.11. The Labute approximate surface area is 127 Å². The van der Waals surface area contributed by atoms with Crippen LogP contribution in [-0.2, 0) is 4.79 Å². The number of carbonyl (C=O) groups is 1. The number of nitrogen functional groups attached to an aromatic ring is 1. The molecule has 0 atom stereocenters. The Morgan fingerprint density at radius 1 is 1.43 bits per heavy atom. The van der Waals surface area contributed by atoms with Gasteiger partial charge in [0.1, 0.15) is 0 Å². The minimum atomic E-state index is -0.710. The number of carbonyl (C=O) groups excluding carboxylic acids is 1. The molecule has 1 rings (SSSR count). The minimum absolute atomic E-state index is 0.000435. The van der Waals surface area contributed by atoms with Crippen LogP contribution in [0.4, 0.5) is 11.4 Å². The Hall–Kier alpha value is -1.59. The van der Waals surface area contributed by atoms with E-state index in [1.165, 1.54) is 0 Å². The predicted octanol–water partition coefficient (Wildman–Crippen LogP) is 2.00. The van der Waals surface area contributed by atoms with E-state index in [1.54, 1.807) is 19.9 Å². The summed E-state index contributed by atoms with van der Waals surface area (Å²) >= 11 is 0. The van der Waals surface area contributed by atoms with Gasteiger partial charge in [-0.3, -0.25) is 4.79 Å². The van der Waals surface area contributed by atoms with Crippen LogP contribution in [0.5, 0.6) is 0 Å². The molecular formula is C16H27N3O2. The number of nitrogens with two attached hydrogens (primary N) is 1. The molecule has 0 aliphatic heterocycles. The number of rotatable bonds is 7. The maximum atomic E-state index is 11.9. The smallest absolute Gasteiger partial charge is 0.224 e. The number of nitrogens with zero attached hydrogens (tertiary/aromatic N) is 1. The summed E-state index contributed by atoms with van der Waals surface area (Å²) in [5, 5.41) is 12.6. The summed E-state index contributed by atoms with van der Waals surface area (Å²) in [6, 6.07) is 5.44. The lowest BCUT2D eigenvalue weighted by molar-refractivity contribution is -0.116. The molecule has 0 bridgehead atoms. The second-order valence-corrected chi connectivity index (χ2v) is 6.28. The van der Waals surface area contributed by atoms with E-state index in [4.69, 9.17) is 5.73 Å². The first-order valence-electron chi connectivity index (χ1n) is 7.24. The number of nitrogens with one attached hydrogen (secondary N) is 1. The maximum absolute atomic E-state index is 11.9. The molecule has 0 heterocycles. The number of aryl methyl sites for hydroxylation is 1. The normalized spacial score (nSPS) is 11.7. The van der Waals surface area contributed by atoms with E-state index >= 15 is 0 Å². The van der Waals surface area contributed by atoms with E-state index in [-0.39, 0.29) is 5.91 Å². The molecule has 1 amide bonds. The summed E-state index contributed by atoms with van der Waals surface area (Å²) in [7, 11) is 1.94. The van der Waals surface area contributed by atoms with Gasteiger partial charge in [0.25, 0.3) is 0 Å². The van der Waals surface area contributed by atoms with Gasteiger partial charge in [0.15, 0.2) is 0 Å². The number of hydrogen-bond acceptors (Lipinski definition) is 4. The van der Waals surface area contributed by atoms with Gasteiger partial charge < -0.3 is 21.1 Å². The SMILES string of the molecule is Cc1cc(N)ccc1NC(=O)CCCN(C)CC(C)(C)O. The zero-order valence-electron chi connectivity index (χ0n) is 13.4. The summed E-state index contributed by atoms with van der Waals surface area (Å²) < 4.78 is 0. The molecule has 0 fully saturated rings. The third-order valence-corrected chi connectivity index (χ3v) is 3.13. The summed E-state index contributed by atoms with van der Waals surface area (Å²) in [5.41, 5.74) is 7.43. The number of aliphatic hydroxyl groups is 1. The highest BCUT2D eigenvalue weighted by molar-refractivity contribution is 5.91. The van der Waals surface area contributed by atoms with Gasteiger partial charge in [0.2, 0.25) is 5.91 Å². The quantitative estimate of drug-likeness (QED) is 0.672. The molecular weight excluding hydrogens is 266 g/mol. The van der Waals surface area contributed by atoms with Gasteiger partial charge in [-0.05, 0) is 64.5 Å². The fourth-order valence-corrected chi connectivity index (χ4v) is 2.29. The van der Waals surface area contributed by atoms with Gasteiger partial charge in [0, 0.05) is 24.3 Å². The minimum Gasteiger partial charge on any atom is -0.399 e. The van der Waals surface area contributed by atoms with Crippen molar-refractivity contribution in [2.45, 2.75) is 39.2 Å². The van der Waals surface area contributed by atoms with Crippen molar-refractivity contribution < 1.29 is 9.90 Å². The highest BCUT2D eigenvalue weighted by atomic mass is 16.3. The second-order valence-electron chi connectivity index (χ2n) is 6.28. The van der Waals surface area contributed by atoms with Crippen molar-refractivity contribution in [1.82, 2.24) is 4.90 Å². The average molecular weight is 293 g/mol. The van der Waals surface area contributed by atoms with E-state index in [0.29, 0.717) is 18.7 Å². The van der Waals surface area contributed by atoms with Crippen molar-refractivity contribution in [2.75, 3.05) is 31.2 Å². The van der Waals surface area contributed by atoms with E-state index < -0.39 is 5.60 Å². The first-order chi connectivity index (χ1) is 9.67. The van der Waals surface area contributed by atoms with Crippen molar-refractivity contribution in [3.05, 3.63) is 23.8 Å². The number of hydrogen-bond donors (Lipinski definition) is 3. The van der Waals surface area contributed by atoms with Crippen LogP contribution in [0.3, 0.4) is 0 Å². The number of amides is 1. The molecule has 1 aromatic carbocycles. The molecule has 118 valence electrons. The molecule has 0 spiro atoms. The third-order valence-electron chi connectivity index (χ3n) is 3.13. The van der Waals surface area contributed by atoms with E-state index in [2.05, 4.69) is 5.32 Å². The van der Waals surface area contributed by atoms with Crippen LogP contribution in [0.25, 0.3) is 0 Å². The highest BCUT2D eigenvalue weighted by Gasteiger charge is 2.15. The van der Waals surface area contributed by atoms with Gasteiger partial charge in [-0.25, -0.2) is 0 Å². The molecule has 0 radical (unpaired) electrons. The lowest BCUT2D eigenvalue weighted by atomic mass is 10.1. The maximum Gasteiger partial charge on any atom is 0.224 e. The zero-order chi connectivity index (χ0) is 16.0. The Kier molecular flexibility index (Phi) is 6.18. The van der Waals surface area contributed by atoms with Crippen LogP contribution in [0, 0.1) is 6.92 Å². The lowest BCUT2D eigenvalue weighted by Gasteiger charge is -2.25. The lowest BCUT2D eigenvalue weighted by Crippen LogP contribution is -2.36. The van der Waals surface area contributed by atoms with Gasteiger partial charge in [-0.2, -0.15) is 0 Å². The Bertz CT molecular complexity index is 481. The molecule has 0 aromatic heterocycles. The van der Waals surface area contributed by atoms with Crippen molar-refractivity contribution in [2.24, 2.45) is 0 Å². The van der Waals surface area contributed by atoms with Crippen LogP contribution in [0.1, 0.15) is 32.3 Å². The topological polar surface area (TPSA) is 78.6 Å². The second kappa shape index (κ2) is 7.43. The van der Waals surface area contributed by atoms with Crippen molar-refractivity contribution in [1.29, 1.82) is 0 Å². The summed E-state index contributed by atoms with van der Waals surface area (Å²) in [4.78, 5) is 13.9. The molecule has 0 aliphatic rings.